The second-order valence-electron chi connectivity index (χ2n) is 5.58. The minimum atomic E-state index is -4.13. The Morgan fingerprint density at radius 3 is 2.42 bits per heavy atom. The molecule has 0 fully saturated rings. The zero-order valence-electron chi connectivity index (χ0n) is 13.2. The van der Waals surface area contributed by atoms with Crippen molar-refractivity contribution in [2.24, 2.45) is 0 Å². The van der Waals surface area contributed by atoms with Gasteiger partial charge < -0.3 is 4.18 Å². The van der Waals surface area contributed by atoms with E-state index in [0.29, 0.717) is 15.8 Å². The average Bonchev–Trinajstić information content (AvgIpc) is 2.64. The number of fused-ring (bicyclic) bond motifs is 2. The molecule has 4 rings (SSSR count). The molecule has 0 N–H and O–H groups in total. The summed E-state index contributed by atoms with van der Waals surface area (Å²) in [6, 6.07) is 17.0. The first-order valence-electron chi connectivity index (χ1n) is 7.62. The highest BCUT2D eigenvalue weighted by Gasteiger charge is 2.23. The van der Waals surface area contributed by atoms with E-state index in [2.05, 4.69) is 4.98 Å². The highest BCUT2D eigenvalue weighted by atomic mass is 35.5. The van der Waals surface area contributed by atoms with Crippen LogP contribution >= 0.6 is 23.2 Å². The minimum Gasteiger partial charge on any atom is -0.375 e. The minimum absolute atomic E-state index is 0.0420. The quantitative estimate of drug-likeness (QED) is 0.426. The molecule has 130 valence electrons. The van der Waals surface area contributed by atoms with Crippen molar-refractivity contribution in [2.45, 2.75) is 4.90 Å². The Bertz CT molecular complexity index is 1250. The smallest absolute Gasteiger partial charge is 0.339 e. The Balaban J connectivity index is 1.91. The zero-order valence-corrected chi connectivity index (χ0v) is 15.5. The van der Waals surface area contributed by atoms with Crippen LogP contribution in [-0.4, -0.2) is 13.4 Å². The van der Waals surface area contributed by atoms with Gasteiger partial charge in [0.1, 0.15) is 10.4 Å². The lowest BCUT2D eigenvalue weighted by Crippen LogP contribution is -2.11. The summed E-state index contributed by atoms with van der Waals surface area (Å²) in [6.07, 6.45) is 1.52. The molecule has 7 heteroatoms. The lowest BCUT2D eigenvalue weighted by atomic mass is 10.1. The molecule has 3 aromatic carbocycles. The molecule has 0 spiro atoms. The van der Waals surface area contributed by atoms with E-state index in [1.54, 1.807) is 30.3 Å². The summed E-state index contributed by atoms with van der Waals surface area (Å²) in [6.45, 7) is 0. The summed E-state index contributed by atoms with van der Waals surface area (Å²) in [5.74, 6) is -0.0420. The van der Waals surface area contributed by atoms with Crippen LogP contribution in [0.1, 0.15) is 0 Å². The number of rotatable bonds is 3. The van der Waals surface area contributed by atoms with Gasteiger partial charge in [-0.15, -0.1) is 0 Å². The summed E-state index contributed by atoms with van der Waals surface area (Å²) in [7, 11) is -4.13. The molecule has 0 saturated heterocycles. The third-order valence-electron chi connectivity index (χ3n) is 3.96. The number of halogens is 2. The summed E-state index contributed by atoms with van der Waals surface area (Å²) in [5.41, 5.74) is 0.286. The Labute approximate surface area is 160 Å². The molecule has 0 amide bonds. The van der Waals surface area contributed by atoms with E-state index in [9.17, 15) is 8.42 Å². The van der Waals surface area contributed by atoms with Crippen molar-refractivity contribution in [1.82, 2.24) is 4.98 Å². The van der Waals surface area contributed by atoms with Crippen molar-refractivity contribution in [3.05, 3.63) is 76.9 Å². The maximum absolute atomic E-state index is 13.0. The Kier molecular flexibility index (Phi) is 4.23. The maximum atomic E-state index is 13.0. The Morgan fingerprint density at radius 1 is 0.846 bits per heavy atom. The highest BCUT2D eigenvalue weighted by Crippen LogP contribution is 2.38. The molecule has 1 heterocycles. The van der Waals surface area contributed by atoms with E-state index in [-0.39, 0.29) is 21.2 Å². The van der Waals surface area contributed by atoms with Crippen LogP contribution in [0.5, 0.6) is 5.75 Å². The molecule has 4 nitrogen and oxygen atoms in total. The molecule has 0 saturated carbocycles. The fourth-order valence-electron chi connectivity index (χ4n) is 2.79. The van der Waals surface area contributed by atoms with Crippen LogP contribution in [0, 0.1) is 0 Å². The van der Waals surface area contributed by atoms with Crippen molar-refractivity contribution >= 4 is 55.0 Å². The van der Waals surface area contributed by atoms with Crippen LogP contribution in [0.3, 0.4) is 0 Å². The van der Waals surface area contributed by atoms with Crippen LogP contribution in [0.15, 0.2) is 71.8 Å². The maximum Gasteiger partial charge on any atom is 0.339 e. The van der Waals surface area contributed by atoms with Gasteiger partial charge in [0.2, 0.25) is 0 Å². The predicted octanol–water partition coefficient (Wildman–Crippen LogP) is 5.46. The first-order chi connectivity index (χ1) is 12.5. The Hall–Kier alpha value is -2.34. The van der Waals surface area contributed by atoms with Crippen LogP contribution < -0.4 is 4.18 Å². The van der Waals surface area contributed by atoms with Gasteiger partial charge in [-0.2, -0.15) is 8.42 Å². The van der Waals surface area contributed by atoms with Crippen LogP contribution in [0.2, 0.25) is 10.0 Å². The molecule has 0 aliphatic carbocycles. The first kappa shape index (κ1) is 17.1. The van der Waals surface area contributed by atoms with Crippen molar-refractivity contribution in [1.29, 1.82) is 0 Å². The van der Waals surface area contributed by atoms with Gasteiger partial charge in [0.05, 0.1) is 10.0 Å². The number of benzene rings is 3. The van der Waals surface area contributed by atoms with Crippen LogP contribution in [-0.2, 0) is 10.1 Å². The van der Waals surface area contributed by atoms with Crippen molar-refractivity contribution < 1.29 is 12.6 Å². The van der Waals surface area contributed by atoms with Crippen LogP contribution in [0.25, 0.3) is 21.7 Å². The number of hydrogen-bond donors (Lipinski definition) is 0. The van der Waals surface area contributed by atoms with Gasteiger partial charge in [0.25, 0.3) is 0 Å². The van der Waals surface area contributed by atoms with E-state index in [1.807, 2.05) is 18.2 Å². The molecule has 1 aromatic heterocycles. The lowest BCUT2D eigenvalue weighted by molar-refractivity contribution is 0.489. The summed E-state index contributed by atoms with van der Waals surface area (Å²) >= 11 is 12.4. The third-order valence-corrected chi connectivity index (χ3v) is 5.84. The van der Waals surface area contributed by atoms with Gasteiger partial charge >= 0.3 is 10.1 Å². The van der Waals surface area contributed by atoms with E-state index in [1.165, 1.54) is 18.3 Å². The molecule has 0 bridgehead atoms. The molecule has 0 unspecified atom stereocenters. The summed E-state index contributed by atoms with van der Waals surface area (Å²) in [4.78, 5) is 4.25. The van der Waals surface area contributed by atoms with Gasteiger partial charge in [-0.25, -0.2) is 0 Å². The molecular formula is C19H11Cl2NO3S. The normalized spacial score (nSPS) is 11.8. The Morgan fingerprint density at radius 2 is 1.58 bits per heavy atom. The second-order valence-corrected chi connectivity index (χ2v) is 7.91. The summed E-state index contributed by atoms with van der Waals surface area (Å²) < 4.78 is 31.3. The van der Waals surface area contributed by atoms with Crippen molar-refractivity contribution in [3.63, 3.8) is 0 Å². The standard InChI is InChI=1S/C19H11Cl2NO3S/c20-15-11-16(21)19(18-14(15)8-4-10-22-18)25-26(23,24)17-9-3-6-12-5-1-2-7-13(12)17/h1-11H. The molecule has 0 radical (unpaired) electrons. The van der Waals surface area contributed by atoms with Crippen LogP contribution in [0.4, 0.5) is 0 Å². The number of aromatic nitrogens is 1. The zero-order chi connectivity index (χ0) is 18.3. The van der Waals surface area contributed by atoms with Gasteiger partial charge in [0.15, 0.2) is 5.75 Å². The molecule has 0 aliphatic rings. The first-order valence-corrected chi connectivity index (χ1v) is 9.79. The van der Waals surface area contributed by atoms with E-state index in [4.69, 9.17) is 27.4 Å². The fraction of sp³-hybridized carbons (Fsp3) is 0. The van der Waals surface area contributed by atoms with Crippen molar-refractivity contribution in [2.75, 3.05) is 0 Å². The second kappa shape index (κ2) is 6.43. The van der Waals surface area contributed by atoms with E-state index in [0.717, 1.165) is 5.39 Å². The van der Waals surface area contributed by atoms with Crippen molar-refractivity contribution in [3.8, 4) is 5.75 Å². The molecular weight excluding hydrogens is 393 g/mol. The largest absolute Gasteiger partial charge is 0.375 e. The molecule has 4 aromatic rings. The number of pyridine rings is 1. The third kappa shape index (κ3) is 2.88. The topological polar surface area (TPSA) is 56.3 Å². The number of nitrogens with zero attached hydrogens (tertiary/aromatic N) is 1. The monoisotopic (exact) mass is 403 g/mol. The van der Waals surface area contributed by atoms with Gasteiger partial charge in [-0.3, -0.25) is 4.98 Å². The van der Waals surface area contributed by atoms with Gasteiger partial charge in [0, 0.05) is 17.0 Å². The predicted molar refractivity (Wildman–Crippen MR) is 104 cm³/mol. The summed E-state index contributed by atoms with van der Waals surface area (Å²) in [5, 5.41) is 2.36. The molecule has 26 heavy (non-hydrogen) atoms. The molecule has 0 aliphatic heterocycles. The molecule has 0 atom stereocenters. The van der Waals surface area contributed by atoms with E-state index >= 15 is 0 Å². The van der Waals surface area contributed by atoms with Gasteiger partial charge in [-0.1, -0.05) is 59.6 Å². The van der Waals surface area contributed by atoms with Gasteiger partial charge in [-0.05, 0) is 29.7 Å². The average molecular weight is 404 g/mol. The fourth-order valence-corrected chi connectivity index (χ4v) is 4.57. The SMILES string of the molecule is O=S(=O)(Oc1c(Cl)cc(Cl)c2cccnc12)c1cccc2ccccc12. The lowest BCUT2D eigenvalue weighted by Gasteiger charge is -2.13. The van der Waals surface area contributed by atoms with E-state index < -0.39 is 10.1 Å². The number of hydrogen-bond acceptors (Lipinski definition) is 4. The highest BCUT2D eigenvalue weighted by molar-refractivity contribution is 7.87.